The number of carbonyl (C=O) groups excluding carboxylic acids is 2. The van der Waals surface area contributed by atoms with Gasteiger partial charge in [0.15, 0.2) is 5.78 Å². The molecule has 0 amide bonds. The van der Waals surface area contributed by atoms with Crippen LogP contribution in [0.2, 0.25) is 0 Å². The number of hydrogen-bond donors (Lipinski definition) is 0. The van der Waals surface area contributed by atoms with Crippen molar-refractivity contribution in [1.82, 2.24) is 0 Å². The molecule has 0 aliphatic carbocycles. The minimum Gasteiger partial charge on any atom is -0.422 e. The van der Waals surface area contributed by atoms with Gasteiger partial charge >= 0.3 is 5.97 Å². The molecule has 21 heavy (non-hydrogen) atoms. The van der Waals surface area contributed by atoms with Gasteiger partial charge in [-0.1, -0.05) is 24.3 Å². The molecular weight excluding hydrogens is 264 g/mol. The molecule has 3 heteroatoms. The van der Waals surface area contributed by atoms with Gasteiger partial charge in [0.1, 0.15) is 5.75 Å². The summed E-state index contributed by atoms with van der Waals surface area (Å²) in [6.45, 7) is 7.07. The Kier molecular flexibility index (Phi) is 4.22. The molecule has 0 atom stereocenters. The number of benzene rings is 2. The topological polar surface area (TPSA) is 43.4 Å². The molecule has 2 aromatic rings. The first-order valence-electron chi connectivity index (χ1n) is 6.80. The van der Waals surface area contributed by atoms with E-state index in [1.54, 1.807) is 18.2 Å². The molecule has 108 valence electrons. The highest BCUT2D eigenvalue weighted by Crippen LogP contribution is 2.27. The normalized spacial score (nSPS) is 10.3. The van der Waals surface area contributed by atoms with Crippen LogP contribution in [-0.4, -0.2) is 11.8 Å². The van der Waals surface area contributed by atoms with Crippen LogP contribution < -0.4 is 4.74 Å². The molecule has 0 saturated heterocycles. The van der Waals surface area contributed by atoms with Gasteiger partial charge in [-0.15, -0.1) is 0 Å². The SMILES string of the molecule is CC(=O)c1cc(C)cc(C)c1OC(=O)c1ccccc1C. The van der Waals surface area contributed by atoms with Crippen molar-refractivity contribution in [3.05, 3.63) is 64.2 Å². The highest BCUT2D eigenvalue weighted by molar-refractivity contribution is 6.00. The highest BCUT2D eigenvalue weighted by atomic mass is 16.5. The molecule has 0 radical (unpaired) electrons. The first-order chi connectivity index (χ1) is 9.90. The average molecular weight is 282 g/mol. The van der Waals surface area contributed by atoms with Crippen molar-refractivity contribution in [3.63, 3.8) is 0 Å². The fraction of sp³-hybridized carbons (Fsp3) is 0.222. The lowest BCUT2D eigenvalue weighted by Crippen LogP contribution is -2.13. The van der Waals surface area contributed by atoms with Gasteiger partial charge in [0, 0.05) is 0 Å². The maximum absolute atomic E-state index is 12.3. The number of ether oxygens (including phenoxy) is 1. The van der Waals surface area contributed by atoms with Crippen molar-refractivity contribution in [2.24, 2.45) is 0 Å². The number of aryl methyl sites for hydroxylation is 3. The monoisotopic (exact) mass is 282 g/mol. The number of carbonyl (C=O) groups is 2. The largest absolute Gasteiger partial charge is 0.422 e. The summed E-state index contributed by atoms with van der Waals surface area (Å²) in [5.41, 5.74) is 3.54. The van der Waals surface area contributed by atoms with Crippen LogP contribution in [0, 0.1) is 20.8 Å². The van der Waals surface area contributed by atoms with Crippen LogP contribution >= 0.6 is 0 Å². The molecule has 0 aliphatic rings. The molecule has 0 heterocycles. The van der Waals surface area contributed by atoms with Gasteiger partial charge < -0.3 is 4.74 Å². The summed E-state index contributed by atoms with van der Waals surface area (Å²) in [5.74, 6) is -0.210. The standard InChI is InChI=1S/C18H18O3/c1-11-9-13(3)17(16(10-11)14(4)19)21-18(20)15-8-6-5-7-12(15)2/h5-10H,1-4H3. The number of ketones is 1. The van der Waals surface area contributed by atoms with Crippen LogP contribution in [0.15, 0.2) is 36.4 Å². The van der Waals surface area contributed by atoms with E-state index in [0.717, 1.165) is 16.7 Å². The Bertz CT molecular complexity index is 714. The first kappa shape index (κ1) is 15.0. The Morgan fingerprint density at radius 3 is 2.19 bits per heavy atom. The molecule has 0 spiro atoms. The second-order valence-corrected chi connectivity index (χ2v) is 5.22. The van der Waals surface area contributed by atoms with Gasteiger partial charge in [0.25, 0.3) is 0 Å². The van der Waals surface area contributed by atoms with E-state index in [-0.39, 0.29) is 5.78 Å². The molecule has 0 aliphatic heterocycles. The van der Waals surface area contributed by atoms with E-state index in [4.69, 9.17) is 4.74 Å². The Balaban J connectivity index is 2.42. The zero-order valence-corrected chi connectivity index (χ0v) is 12.7. The molecule has 0 N–H and O–H groups in total. The van der Waals surface area contributed by atoms with Crippen LogP contribution in [0.25, 0.3) is 0 Å². The summed E-state index contributed by atoms with van der Waals surface area (Å²) in [6.07, 6.45) is 0. The summed E-state index contributed by atoms with van der Waals surface area (Å²) in [5, 5.41) is 0. The maximum atomic E-state index is 12.3. The van der Waals surface area contributed by atoms with E-state index in [1.807, 2.05) is 39.0 Å². The third-order valence-electron chi connectivity index (χ3n) is 3.36. The van der Waals surface area contributed by atoms with Crippen molar-refractivity contribution in [2.45, 2.75) is 27.7 Å². The van der Waals surface area contributed by atoms with Gasteiger partial charge in [-0.05, 0) is 56.5 Å². The Morgan fingerprint density at radius 2 is 1.57 bits per heavy atom. The molecule has 2 rings (SSSR count). The number of Topliss-reactive ketones (excluding diaryl/α,β-unsaturated/α-hetero) is 1. The van der Waals surface area contributed by atoms with E-state index in [0.29, 0.717) is 16.9 Å². The predicted octanol–water partition coefficient (Wildman–Crippen LogP) is 4.03. The first-order valence-corrected chi connectivity index (χ1v) is 6.80. The van der Waals surface area contributed by atoms with Crippen molar-refractivity contribution in [1.29, 1.82) is 0 Å². The summed E-state index contributed by atoms with van der Waals surface area (Å²) >= 11 is 0. The van der Waals surface area contributed by atoms with Crippen molar-refractivity contribution in [3.8, 4) is 5.75 Å². The van der Waals surface area contributed by atoms with Crippen molar-refractivity contribution >= 4 is 11.8 Å². The summed E-state index contributed by atoms with van der Waals surface area (Å²) < 4.78 is 5.50. The fourth-order valence-corrected chi connectivity index (χ4v) is 2.30. The molecule has 0 aromatic heterocycles. The third kappa shape index (κ3) is 3.19. The maximum Gasteiger partial charge on any atom is 0.343 e. The number of rotatable bonds is 3. The lowest BCUT2D eigenvalue weighted by atomic mass is 10.0. The zero-order chi connectivity index (χ0) is 15.6. The van der Waals surface area contributed by atoms with Crippen molar-refractivity contribution < 1.29 is 14.3 Å². The Labute approximate surface area is 124 Å². The van der Waals surface area contributed by atoms with E-state index < -0.39 is 5.97 Å². The molecule has 0 bridgehead atoms. The van der Waals surface area contributed by atoms with Crippen LogP contribution in [0.1, 0.15) is 44.3 Å². The Hall–Kier alpha value is -2.42. The fourth-order valence-electron chi connectivity index (χ4n) is 2.30. The van der Waals surface area contributed by atoms with Gasteiger partial charge in [-0.25, -0.2) is 4.79 Å². The molecule has 2 aromatic carbocycles. The lowest BCUT2D eigenvalue weighted by Gasteiger charge is -2.13. The van der Waals surface area contributed by atoms with Gasteiger partial charge in [-0.3, -0.25) is 4.79 Å². The van der Waals surface area contributed by atoms with Crippen LogP contribution in [-0.2, 0) is 0 Å². The predicted molar refractivity (Wildman–Crippen MR) is 82.1 cm³/mol. The molecule has 3 nitrogen and oxygen atoms in total. The van der Waals surface area contributed by atoms with Gasteiger partial charge in [0.05, 0.1) is 11.1 Å². The molecule has 0 fully saturated rings. The van der Waals surface area contributed by atoms with Crippen molar-refractivity contribution in [2.75, 3.05) is 0 Å². The van der Waals surface area contributed by atoms with E-state index in [1.165, 1.54) is 6.92 Å². The third-order valence-corrected chi connectivity index (χ3v) is 3.36. The molecule has 0 saturated carbocycles. The minimum absolute atomic E-state index is 0.116. The minimum atomic E-state index is -0.442. The molecular formula is C18H18O3. The average Bonchev–Trinajstić information content (AvgIpc) is 2.41. The summed E-state index contributed by atoms with van der Waals surface area (Å²) in [7, 11) is 0. The highest BCUT2D eigenvalue weighted by Gasteiger charge is 2.18. The van der Waals surface area contributed by atoms with Crippen LogP contribution in [0.4, 0.5) is 0 Å². The second-order valence-electron chi connectivity index (χ2n) is 5.22. The second kappa shape index (κ2) is 5.92. The number of hydrogen-bond acceptors (Lipinski definition) is 3. The van der Waals surface area contributed by atoms with Crippen LogP contribution in [0.5, 0.6) is 5.75 Å². The number of esters is 1. The lowest BCUT2D eigenvalue weighted by molar-refractivity contribution is 0.0731. The zero-order valence-electron chi connectivity index (χ0n) is 12.7. The van der Waals surface area contributed by atoms with E-state index in [2.05, 4.69) is 0 Å². The van der Waals surface area contributed by atoms with Gasteiger partial charge in [-0.2, -0.15) is 0 Å². The van der Waals surface area contributed by atoms with Gasteiger partial charge in [0.2, 0.25) is 0 Å². The van der Waals surface area contributed by atoms with E-state index in [9.17, 15) is 9.59 Å². The summed E-state index contributed by atoms with van der Waals surface area (Å²) in [4.78, 5) is 24.1. The quantitative estimate of drug-likeness (QED) is 0.485. The Morgan fingerprint density at radius 1 is 0.905 bits per heavy atom. The van der Waals surface area contributed by atoms with E-state index >= 15 is 0 Å². The smallest absolute Gasteiger partial charge is 0.343 e. The molecule has 0 unspecified atom stereocenters. The summed E-state index contributed by atoms with van der Waals surface area (Å²) in [6, 6.07) is 10.9. The van der Waals surface area contributed by atoms with Crippen LogP contribution in [0.3, 0.4) is 0 Å².